The molecule has 1 aliphatic heterocycles. The van der Waals surface area contributed by atoms with Crippen LogP contribution in [0.3, 0.4) is 0 Å². The molecule has 2 heterocycles. The van der Waals surface area contributed by atoms with Crippen molar-refractivity contribution in [2.75, 3.05) is 4.90 Å². The van der Waals surface area contributed by atoms with Crippen molar-refractivity contribution in [2.45, 2.75) is 13.0 Å². The molecule has 4 aromatic rings. The average molecular weight is 338 g/mol. The van der Waals surface area contributed by atoms with Gasteiger partial charge in [-0.1, -0.05) is 54.1 Å². The first kappa shape index (κ1) is 15.0. The Morgan fingerprint density at radius 2 is 1.58 bits per heavy atom. The molecule has 0 bridgehead atoms. The van der Waals surface area contributed by atoms with Gasteiger partial charge in [-0.2, -0.15) is 0 Å². The molecule has 3 nitrogen and oxygen atoms in total. The monoisotopic (exact) mass is 338 g/mol. The molecule has 3 heteroatoms. The molecule has 0 radical (unpaired) electrons. The van der Waals surface area contributed by atoms with Gasteiger partial charge in [0.05, 0.1) is 6.04 Å². The van der Waals surface area contributed by atoms with Gasteiger partial charge in [-0.25, -0.2) is 0 Å². The van der Waals surface area contributed by atoms with Gasteiger partial charge in [0.25, 0.3) is 5.91 Å². The third kappa shape index (κ3) is 2.10. The van der Waals surface area contributed by atoms with Gasteiger partial charge in [0, 0.05) is 33.9 Å². The summed E-state index contributed by atoms with van der Waals surface area (Å²) in [5, 5.41) is 1.15. The maximum Gasteiger partial charge on any atom is 0.259 e. The van der Waals surface area contributed by atoms with Crippen LogP contribution in [0.5, 0.6) is 0 Å². The zero-order valence-electron chi connectivity index (χ0n) is 14.4. The van der Waals surface area contributed by atoms with Crippen molar-refractivity contribution in [3.63, 3.8) is 0 Å². The second-order valence-electron chi connectivity index (χ2n) is 6.79. The fourth-order valence-corrected chi connectivity index (χ4v) is 3.91. The number of fused-ring (bicyclic) bond motifs is 2. The van der Waals surface area contributed by atoms with Gasteiger partial charge >= 0.3 is 0 Å². The fraction of sp³-hybridized carbons (Fsp3) is 0.0870. The first-order valence-electron chi connectivity index (χ1n) is 8.79. The van der Waals surface area contributed by atoms with Crippen LogP contribution in [0.4, 0.5) is 5.69 Å². The Kier molecular flexibility index (Phi) is 3.22. The highest BCUT2D eigenvalue weighted by molar-refractivity contribution is 6.12. The molecular formula is C23H18N2O. The van der Waals surface area contributed by atoms with Crippen LogP contribution in [0.15, 0.2) is 79.0 Å². The summed E-state index contributed by atoms with van der Waals surface area (Å²) < 4.78 is 0. The van der Waals surface area contributed by atoms with Gasteiger partial charge in [-0.15, -0.1) is 0 Å². The van der Waals surface area contributed by atoms with E-state index in [-0.39, 0.29) is 11.9 Å². The molecule has 0 fully saturated rings. The number of nitrogens with one attached hydrogen (secondary N) is 1. The summed E-state index contributed by atoms with van der Waals surface area (Å²) in [4.78, 5) is 18.5. The van der Waals surface area contributed by atoms with Gasteiger partial charge in [0.2, 0.25) is 0 Å². The minimum atomic E-state index is -0.127. The summed E-state index contributed by atoms with van der Waals surface area (Å²) in [6.07, 6.45) is 2.03. The van der Waals surface area contributed by atoms with Gasteiger partial charge in [0.15, 0.2) is 0 Å². The zero-order chi connectivity index (χ0) is 17.7. The minimum Gasteiger partial charge on any atom is -0.361 e. The number of carbonyl (C=O) groups excluding carboxylic acids is 1. The number of para-hydroxylation sites is 1. The summed E-state index contributed by atoms with van der Waals surface area (Å²) in [5.41, 5.74) is 6.16. The van der Waals surface area contributed by atoms with E-state index in [1.165, 1.54) is 5.56 Å². The van der Waals surface area contributed by atoms with E-state index in [0.29, 0.717) is 0 Å². The molecule has 5 rings (SSSR count). The predicted molar refractivity (Wildman–Crippen MR) is 105 cm³/mol. The Morgan fingerprint density at radius 3 is 2.42 bits per heavy atom. The molecule has 0 unspecified atom stereocenters. The normalized spacial score (nSPS) is 16.3. The highest BCUT2D eigenvalue weighted by Crippen LogP contribution is 2.43. The van der Waals surface area contributed by atoms with Crippen LogP contribution < -0.4 is 4.90 Å². The van der Waals surface area contributed by atoms with Gasteiger partial charge < -0.3 is 4.98 Å². The Labute approximate surface area is 151 Å². The SMILES string of the molecule is Cc1ccc(N2C(=O)c3ccccc3[C@@H]2c2c[nH]c3ccccc23)cc1. The van der Waals surface area contributed by atoms with Crippen molar-refractivity contribution in [2.24, 2.45) is 0 Å². The number of hydrogen-bond acceptors (Lipinski definition) is 1. The number of H-pyrrole nitrogens is 1. The van der Waals surface area contributed by atoms with E-state index in [2.05, 4.69) is 42.2 Å². The van der Waals surface area contributed by atoms with Crippen molar-refractivity contribution in [3.05, 3.63) is 101 Å². The van der Waals surface area contributed by atoms with E-state index in [9.17, 15) is 4.79 Å². The van der Waals surface area contributed by atoms with Crippen LogP contribution in [0.25, 0.3) is 10.9 Å². The topological polar surface area (TPSA) is 36.1 Å². The fourth-order valence-electron chi connectivity index (χ4n) is 3.91. The first-order chi connectivity index (χ1) is 12.7. The minimum absolute atomic E-state index is 0.0553. The number of rotatable bonds is 2. The lowest BCUT2D eigenvalue weighted by Gasteiger charge is -2.25. The Balaban J connectivity index is 1.75. The van der Waals surface area contributed by atoms with Gasteiger partial charge in [-0.3, -0.25) is 9.69 Å². The molecule has 1 amide bonds. The third-order valence-electron chi connectivity index (χ3n) is 5.19. The number of nitrogens with zero attached hydrogens (tertiary/aromatic N) is 1. The first-order valence-corrected chi connectivity index (χ1v) is 8.79. The van der Waals surface area contributed by atoms with Crippen LogP contribution in [0.1, 0.15) is 33.1 Å². The van der Waals surface area contributed by atoms with E-state index < -0.39 is 0 Å². The van der Waals surface area contributed by atoms with E-state index >= 15 is 0 Å². The number of aromatic nitrogens is 1. The largest absolute Gasteiger partial charge is 0.361 e. The van der Waals surface area contributed by atoms with Crippen LogP contribution in [0, 0.1) is 6.92 Å². The zero-order valence-corrected chi connectivity index (χ0v) is 14.4. The Hall–Kier alpha value is -3.33. The van der Waals surface area contributed by atoms with Crippen molar-refractivity contribution < 1.29 is 4.79 Å². The molecule has 1 aliphatic rings. The van der Waals surface area contributed by atoms with E-state index in [1.807, 2.05) is 53.6 Å². The van der Waals surface area contributed by atoms with E-state index in [0.717, 1.165) is 33.3 Å². The molecule has 1 atom stereocenters. The molecule has 1 N–H and O–H groups in total. The molecule has 126 valence electrons. The van der Waals surface area contributed by atoms with Gasteiger partial charge in [-0.05, 0) is 36.8 Å². The number of carbonyl (C=O) groups is 1. The molecular weight excluding hydrogens is 320 g/mol. The predicted octanol–water partition coefficient (Wildman–Crippen LogP) is 5.23. The lowest BCUT2D eigenvalue weighted by molar-refractivity contribution is 0.0993. The van der Waals surface area contributed by atoms with Crippen molar-refractivity contribution in [1.82, 2.24) is 4.98 Å². The lowest BCUT2D eigenvalue weighted by atomic mass is 9.97. The Bertz CT molecular complexity index is 1120. The lowest BCUT2D eigenvalue weighted by Crippen LogP contribution is -2.28. The number of aromatic amines is 1. The summed E-state index contributed by atoms with van der Waals surface area (Å²) >= 11 is 0. The summed E-state index contributed by atoms with van der Waals surface area (Å²) in [5.74, 6) is 0.0553. The average Bonchev–Trinajstić information content (AvgIpc) is 3.22. The standard InChI is InChI=1S/C23H18N2O/c1-15-10-12-16(13-11-15)25-22(18-7-2-3-8-19(18)23(25)26)20-14-24-21-9-5-4-6-17(20)21/h2-14,22,24H,1H3/t22-/m1/s1. The number of anilines is 1. The van der Waals surface area contributed by atoms with Crippen LogP contribution >= 0.6 is 0 Å². The molecule has 1 aromatic heterocycles. The van der Waals surface area contributed by atoms with Crippen molar-refractivity contribution >= 4 is 22.5 Å². The highest BCUT2D eigenvalue weighted by Gasteiger charge is 2.39. The molecule has 0 spiro atoms. The molecule has 26 heavy (non-hydrogen) atoms. The van der Waals surface area contributed by atoms with Crippen LogP contribution in [0.2, 0.25) is 0 Å². The van der Waals surface area contributed by atoms with E-state index in [1.54, 1.807) is 0 Å². The van der Waals surface area contributed by atoms with Crippen molar-refractivity contribution in [3.8, 4) is 0 Å². The second kappa shape index (κ2) is 5.60. The van der Waals surface area contributed by atoms with Crippen LogP contribution in [-0.4, -0.2) is 10.9 Å². The summed E-state index contributed by atoms with van der Waals surface area (Å²) in [6, 6.07) is 24.2. The number of benzene rings is 3. The molecule has 0 aliphatic carbocycles. The smallest absolute Gasteiger partial charge is 0.259 e. The second-order valence-corrected chi connectivity index (χ2v) is 6.79. The maximum absolute atomic E-state index is 13.2. The molecule has 3 aromatic carbocycles. The maximum atomic E-state index is 13.2. The molecule has 0 saturated heterocycles. The van der Waals surface area contributed by atoms with Crippen LogP contribution in [-0.2, 0) is 0 Å². The summed E-state index contributed by atoms with van der Waals surface area (Å²) in [6.45, 7) is 2.06. The highest BCUT2D eigenvalue weighted by atomic mass is 16.2. The quantitative estimate of drug-likeness (QED) is 0.534. The number of hydrogen-bond donors (Lipinski definition) is 1. The van der Waals surface area contributed by atoms with Crippen molar-refractivity contribution in [1.29, 1.82) is 0 Å². The Morgan fingerprint density at radius 1 is 0.846 bits per heavy atom. The number of aryl methyl sites for hydroxylation is 1. The van der Waals surface area contributed by atoms with Gasteiger partial charge in [0.1, 0.15) is 0 Å². The molecule has 0 saturated carbocycles. The summed E-state index contributed by atoms with van der Waals surface area (Å²) in [7, 11) is 0. The number of amides is 1. The third-order valence-corrected chi connectivity index (χ3v) is 5.19. The van der Waals surface area contributed by atoms with E-state index in [4.69, 9.17) is 0 Å².